The number of hydrogen-bond donors (Lipinski definition) is 2. The highest BCUT2D eigenvalue weighted by Gasteiger charge is 2.21. The quantitative estimate of drug-likeness (QED) is 0.416. The summed E-state index contributed by atoms with van der Waals surface area (Å²) in [7, 11) is -3.92. The second-order valence-corrected chi connectivity index (χ2v) is 9.72. The van der Waals surface area contributed by atoms with E-state index in [0.29, 0.717) is 43.8 Å². The van der Waals surface area contributed by atoms with E-state index in [4.69, 9.17) is 14.2 Å². The van der Waals surface area contributed by atoms with E-state index in [-0.39, 0.29) is 10.6 Å². The zero-order chi connectivity index (χ0) is 25.5. The van der Waals surface area contributed by atoms with E-state index >= 15 is 0 Å². The molecule has 192 valence electrons. The van der Waals surface area contributed by atoms with Crippen LogP contribution < -0.4 is 24.4 Å². The molecule has 2 aromatic carbocycles. The van der Waals surface area contributed by atoms with Gasteiger partial charge in [-0.25, -0.2) is 13.4 Å². The van der Waals surface area contributed by atoms with Gasteiger partial charge in [0.1, 0.15) is 22.2 Å². The van der Waals surface area contributed by atoms with Gasteiger partial charge >= 0.3 is 0 Å². The van der Waals surface area contributed by atoms with Crippen LogP contribution in [0, 0.1) is 6.92 Å². The Morgan fingerprint density at radius 3 is 2.33 bits per heavy atom. The molecule has 2 N–H and O–H groups in total. The van der Waals surface area contributed by atoms with Crippen molar-refractivity contribution in [3.05, 3.63) is 54.2 Å². The normalized spacial score (nSPS) is 13.8. The van der Waals surface area contributed by atoms with Gasteiger partial charge < -0.3 is 24.4 Å². The van der Waals surface area contributed by atoms with E-state index in [1.807, 2.05) is 19.9 Å². The molecule has 0 amide bonds. The summed E-state index contributed by atoms with van der Waals surface area (Å²) in [4.78, 5) is 11.3. The molecule has 11 heteroatoms. The number of aryl methyl sites for hydroxylation is 1. The molecule has 0 unspecified atom stereocenters. The Kier molecular flexibility index (Phi) is 8.11. The molecule has 1 fully saturated rings. The topological polar surface area (TPSA) is 115 Å². The molecule has 0 atom stereocenters. The molecule has 1 aromatic heterocycles. The number of anilines is 4. The Labute approximate surface area is 211 Å². The zero-order valence-electron chi connectivity index (χ0n) is 20.7. The number of aromatic nitrogens is 2. The highest BCUT2D eigenvalue weighted by atomic mass is 32.2. The van der Waals surface area contributed by atoms with E-state index in [0.717, 1.165) is 30.3 Å². The maximum atomic E-state index is 13.2. The van der Waals surface area contributed by atoms with Gasteiger partial charge in [0, 0.05) is 42.3 Å². The molecule has 10 nitrogen and oxygen atoms in total. The minimum absolute atomic E-state index is 0.0151. The average Bonchev–Trinajstić information content (AvgIpc) is 2.86. The lowest BCUT2D eigenvalue weighted by atomic mass is 10.3. The lowest BCUT2D eigenvalue weighted by molar-refractivity contribution is 0.122. The fourth-order valence-corrected chi connectivity index (χ4v) is 4.97. The maximum absolute atomic E-state index is 13.2. The van der Waals surface area contributed by atoms with Gasteiger partial charge in [-0.2, -0.15) is 4.98 Å². The molecule has 1 saturated heterocycles. The molecule has 0 radical (unpaired) electrons. The summed E-state index contributed by atoms with van der Waals surface area (Å²) in [6.07, 6.45) is 0. The third-order valence-corrected chi connectivity index (χ3v) is 6.79. The minimum atomic E-state index is -3.92. The van der Waals surface area contributed by atoms with Crippen LogP contribution in [0.3, 0.4) is 0 Å². The molecule has 0 saturated carbocycles. The van der Waals surface area contributed by atoms with E-state index < -0.39 is 10.0 Å². The third kappa shape index (κ3) is 6.35. The molecule has 3 aromatic rings. The van der Waals surface area contributed by atoms with Gasteiger partial charge in [0.2, 0.25) is 5.95 Å². The van der Waals surface area contributed by atoms with Crippen molar-refractivity contribution in [2.45, 2.75) is 25.7 Å². The van der Waals surface area contributed by atoms with Crippen molar-refractivity contribution in [3.63, 3.8) is 0 Å². The van der Waals surface area contributed by atoms with Crippen molar-refractivity contribution >= 4 is 33.2 Å². The van der Waals surface area contributed by atoms with Crippen LogP contribution in [0.25, 0.3) is 0 Å². The highest BCUT2D eigenvalue weighted by molar-refractivity contribution is 7.92. The van der Waals surface area contributed by atoms with Crippen molar-refractivity contribution in [2.24, 2.45) is 0 Å². The van der Waals surface area contributed by atoms with Crippen LogP contribution in [-0.4, -0.2) is 57.9 Å². The fourth-order valence-electron chi connectivity index (χ4n) is 3.75. The van der Waals surface area contributed by atoms with Gasteiger partial charge in [0.25, 0.3) is 10.0 Å². The van der Waals surface area contributed by atoms with E-state index in [9.17, 15) is 8.42 Å². The monoisotopic (exact) mass is 513 g/mol. The van der Waals surface area contributed by atoms with Crippen LogP contribution in [0.4, 0.5) is 23.1 Å². The molecule has 0 aliphatic carbocycles. The molecule has 0 bridgehead atoms. The molecular weight excluding hydrogens is 482 g/mol. The molecule has 0 spiro atoms. The van der Waals surface area contributed by atoms with E-state index in [1.165, 1.54) is 6.07 Å². The number of morpholine rings is 1. The molecule has 4 rings (SSSR count). The number of sulfonamides is 1. The first-order chi connectivity index (χ1) is 17.4. The third-order valence-electron chi connectivity index (χ3n) is 5.38. The number of benzene rings is 2. The molecule has 1 aliphatic heterocycles. The Balaban J connectivity index is 1.49. The van der Waals surface area contributed by atoms with Gasteiger partial charge in [-0.1, -0.05) is 0 Å². The van der Waals surface area contributed by atoms with Crippen LogP contribution in [0.1, 0.15) is 19.5 Å². The van der Waals surface area contributed by atoms with Crippen molar-refractivity contribution in [3.8, 4) is 11.5 Å². The smallest absolute Gasteiger partial charge is 0.265 e. The molecular formula is C25H31N5O5S. The Morgan fingerprint density at radius 1 is 0.944 bits per heavy atom. The van der Waals surface area contributed by atoms with Crippen molar-refractivity contribution in [1.29, 1.82) is 0 Å². The second-order valence-electron chi connectivity index (χ2n) is 8.07. The summed E-state index contributed by atoms with van der Waals surface area (Å²) in [6.45, 7) is 9.23. The predicted octanol–water partition coefficient (Wildman–Crippen LogP) is 3.96. The summed E-state index contributed by atoms with van der Waals surface area (Å²) < 4.78 is 45.4. The number of nitrogens with one attached hydrogen (secondary N) is 2. The molecule has 36 heavy (non-hydrogen) atoms. The van der Waals surface area contributed by atoms with Crippen molar-refractivity contribution < 1.29 is 22.6 Å². The molecule has 2 heterocycles. The highest BCUT2D eigenvalue weighted by Crippen LogP contribution is 2.30. The first-order valence-corrected chi connectivity index (χ1v) is 13.3. The lowest BCUT2D eigenvalue weighted by Gasteiger charge is -2.28. The van der Waals surface area contributed by atoms with Gasteiger partial charge in [0.15, 0.2) is 0 Å². The van der Waals surface area contributed by atoms with Crippen LogP contribution in [0.5, 0.6) is 11.5 Å². The van der Waals surface area contributed by atoms with E-state index in [1.54, 1.807) is 43.3 Å². The fraction of sp³-hybridized carbons (Fsp3) is 0.360. The zero-order valence-corrected chi connectivity index (χ0v) is 21.5. The molecule has 1 aliphatic rings. The summed E-state index contributed by atoms with van der Waals surface area (Å²) >= 11 is 0. The summed E-state index contributed by atoms with van der Waals surface area (Å²) in [5.74, 6) is 2.03. The van der Waals surface area contributed by atoms with Crippen molar-refractivity contribution in [2.75, 3.05) is 54.5 Å². The van der Waals surface area contributed by atoms with Crippen LogP contribution in [0.2, 0.25) is 0 Å². The number of rotatable bonds is 10. The van der Waals surface area contributed by atoms with Crippen LogP contribution >= 0.6 is 0 Å². The first-order valence-electron chi connectivity index (χ1n) is 11.9. The van der Waals surface area contributed by atoms with Crippen LogP contribution in [-0.2, 0) is 14.8 Å². The number of hydrogen-bond acceptors (Lipinski definition) is 9. The van der Waals surface area contributed by atoms with Gasteiger partial charge in [-0.15, -0.1) is 0 Å². The standard InChI is InChI=1S/C25H31N5O5S/c1-4-34-21-10-11-22(35-5-2)23(17-21)36(31,32)29-20-8-6-19(7-9-20)27-25-26-18(3)16-24(28-25)30-12-14-33-15-13-30/h6-11,16-17,29H,4-5,12-15H2,1-3H3,(H,26,27,28). The minimum Gasteiger partial charge on any atom is -0.494 e. The largest absolute Gasteiger partial charge is 0.494 e. The Bertz CT molecular complexity index is 1280. The van der Waals surface area contributed by atoms with Gasteiger partial charge in [0.05, 0.1) is 26.4 Å². The van der Waals surface area contributed by atoms with Crippen molar-refractivity contribution in [1.82, 2.24) is 9.97 Å². The maximum Gasteiger partial charge on any atom is 0.265 e. The number of nitrogens with zero attached hydrogens (tertiary/aromatic N) is 3. The second kappa shape index (κ2) is 11.4. The van der Waals surface area contributed by atoms with Gasteiger partial charge in [-0.3, -0.25) is 4.72 Å². The Hall–Kier alpha value is -3.57. The summed E-state index contributed by atoms with van der Waals surface area (Å²) in [6, 6.07) is 13.6. The summed E-state index contributed by atoms with van der Waals surface area (Å²) in [5.41, 5.74) is 1.98. The first kappa shape index (κ1) is 25.5. The number of ether oxygens (including phenoxy) is 3. The van der Waals surface area contributed by atoms with E-state index in [2.05, 4.69) is 24.9 Å². The predicted molar refractivity (Wildman–Crippen MR) is 139 cm³/mol. The average molecular weight is 514 g/mol. The SMILES string of the molecule is CCOc1ccc(OCC)c(S(=O)(=O)Nc2ccc(Nc3nc(C)cc(N4CCOCC4)n3)cc2)c1. The van der Waals surface area contributed by atoms with Crippen LogP contribution in [0.15, 0.2) is 53.4 Å². The lowest BCUT2D eigenvalue weighted by Crippen LogP contribution is -2.36. The Morgan fingerprint density at radius 2 is 1.64 bits per heavy atom. The van der Waals surface area contributed by atoms with Gasteiger partial charge in [-0.05, 0) is 57.2 Å². The summed E-state index contributed by atoms with van der Waals surface area (Å²) in [5, 5.41) is 3.20.